The Morgan fingerprint density at radius 1 is 0.773 bits per heavy atom. The van der Waals surface area contributed by atoms with Crippen LogP contribution in [-0.4, -0.2) is 25.2 Å². The summed E-state index contributed by atoms with van der Waals surface area (Å²) >= 11 is 0. The van der Waals surface area contributed by atoms with Crippen molar-refractivity contribution in [3.05, 3.63) is 0 Å². The molecular weight excluding hydrogens is 280 g/mol. The lowest BCUT2D eigenvalue weighted by Crippen LogP contribution is -2.19. The Morgan fingerprint density at radius 3 is 1.91 bits per heavy atom. The first-order valence-electron chi connectivity index (χ1n) is 8.97. The highest BCUT2D eigenvalue weighted by atomic mass is 16.5. The molecule has 0 aromatic rings. The SMILES string of the molecule is CCCCOC(=O)CCCC(CCCC)C(=O)OCCCC. The Kier molecular flexibility index (Phi) is 14.1. The molecule has 0 aliphatic carbocycles. The Hall–Kier alpha value is -1.06. The molecule has 1 unspecified atom stereocenters. The number of carbonyl (C=O) groups is 2. The zero-order valence-corrected chi connectivity index (χ0v) is 14.7. The highest BCUT2D eigenvalue weighted by Crippen LogP contribution is 2.18. The van der Waals surface area contributed by atoms with Gasteiger partial charge in [0.15, 0.2) is 0 Å². The van der Waals surface area contributed by atoms with E-state index in [1.807, 2.05) is 0 Å². The highest BCUT2D eigenvalue weighted by Gasteiger charge is 2.19. The Bertz CT molecular complexity index is 289. The van der Waals surface area contributed by atoms with E-state index in [1.165, 1.54) is 0 Å². The molecule has 0 heterocycles. The van der Waals surface area contributed by atoms with E-state index in [0.29, 0.717) is 32.5 Å². The van der Waals surface area contributed by atoms with Crippen LogP contribution in [-0.2, 0) is 19.1 Å². The highest BCUT2D eigenvalue weighted by molar-refractivity contribution is 5.72. The van der Waals surface area contributed by atoms with E-state index in [1.54, 1.807) is 0 Å². The molecule has 4 nitrogen and oxygen atoms in total. The first-order chi connectivity index (χ1) is 10.7. The summed E-state index contributed by atoms with van der Waals surface area (Å²) in [7, 11) is 0. The van der Waals surface area contributed by atoms with Gasteiger partial charge in [0, 0.05) is 6.42 Å². The van der Waals surface area contributed by atoms with Gasteiger partial charge in [-0.05, 0) is 32.1 Å². The second-order valence-corrected chi connectivity index (χ2v) is 5.83. The third kappa shape index (κ3) is 11.6. The molecule has 0 aromatic carbocycles. The van der Waals surface area contributed by atoms with Crippen LogP contribution >= 0.6 is 0 Å². The number of ether oxygens (including phenoxy) is 2. The van der Waals surface area contributed by atoms with E-state index in [-0.39, 0.29) is 17.9 Å². The lowest BCUT2D eigenvalue weighted by Gasteiger charge is -2.15. The fourth-order valence-electron chi connectivity index (χ4n) is 2.16. The predicted molar refractivity (Wildman–Crippen MR) is 88.6 cm³/mol. The van der Waals surface area contributed by atoms with Crippen LogP contribution in [0.3, 0.4) is 0 Å². The molecule has 0 aromatic heterocycles. The second-order valence-electron chi connectivity index (χ2n) is 5.83. The number of carbonyl (C=O) groups excluding carboxylic acids is 2. The minimum atomic E-state index is -0.151. The van der Waals surface area contributed by atoms with Gasteiger partial charge in [-0.25, -0.2) is 0 Å². The lowest BCUT2D eigenvalue weighted by atomic mass is 9.96. The fourth-order valence-corrected chi connectivity index (χ4v) is 2.16. The van der Waals surface area contributed by atoms with Gasteiger partial charge in [0.2, 0.25) is 0 Å². The Balaban J connectivity index is 4.01. The normalized spacial score (nSPS) is 12.0. The third-order valence-corrected chi connectivity index (χ3v) is 3.68. The molecule has 0 bridgehead atoms. The first kappa shape index (κ1) is 20.9. The maximum Gasteiger partial charge on any atom is 0.308 e. The first-order valence-corrected chi connectivity index (χ1v) is 8.97. The molecular formula is C18H34O4. The number of hydrogen-bond donors (Lipinski definition) is 0. The standard InChI is InChI=1S/C18H34O4/c1-4-7-11-16(18(20)22-15-9-6-3)12-10-13-17(19)21-14-8-5-2/h16H,4-15H2,1-3H3. The van der Waals surface area contributed by atoms with Gasteiger partial charge < -0.3 is 9.47 Å². The number of hydrogen-bond acceptors (Lipinski definition) is 4. The summed E-state index contributed by atoms with van der Waals surface area (Å²) in [5.74, 6) is -0.316. The third-order valence-electron chi connectivity index (χ3n) is 3.68. The minimum Gasteiger partial charge on any atom is -0.466 e. The molecule has 0 aliphatic heterocycles. The molecule has 0 fully saturated rings. The molecule has 0 amide bonds. The van der Waals surface area contributed by atoms with E-state index < -0.39 is 0 Å². The molecule has 0 saturated heterocycles. The van der Waals surface area contributed by atoms with Gasteiger partial charge in [0.25, 0.3) is 0 Å². The quantitative estimate of drug-likeness (QED) is 0.346. The number of esters is 2. The average Bonchev–Trinajstić information content (AvgIpc) is 2.51. The fraction of sp³-hybridized carbons (Fsp3) is 0.889. The molecule has 0 N–H and O–H groups in total. The minimum absolute atomic E-state index is 0.0692. The van der Waals surface area contributed by atoms with Gasteiger partial charge >= 0.3 is 11.9 Å². The zero-order chi connectivity index (χ0) is 16.6. The summed E-state index contributed by atoms with van der Waals surface area (Å²) < 4.78 is 10.5. The monoisotopic (exact) mass is 314 g/mol. The largest absolute Gasteiger partial charge is 0.466 e. The van der Waals surface area contributed by atoms with Crippen LogP contribution in [0.4, 0.5) is 0 Å². The second kappa shape index (κ2) is 14.9. The molecule has 1 atom stereocenters. The topological polar surface area (TPSA) is 52.6 Å². The van der Waals surface area contributed by atoms with Crippen molar-refractivity contribution in [1.29, 1.82) is 0 Å². The van der Waals surface area contributed by atoms with Gasteiger partial charge in [-0.1, -0.05) is 46.5 Å². The average molecular weight is 314 g/mol. The van der Waals surface area contributed by atoms with E-state index in [2.05, 4.69) is 20.8 Å². The Labute approximate surface area is 135 Å². The lowest BCUT2D eigenvalue weighted by molar-refractivity contribution is -0.150. The van der Waals surface area contributed by atoms with Crippen molar-refractivity contribution >= 4 is 11.9 Å². The van der Waals surface area contributed by atoms with Gasteiger partial charge in [-0.3, -0.25) is 9.59 Å². The van der Waals surface area contributed by atoms with Crippen LogP contribution in [0.1, 0.15) is 85.0 Å². The van der Waals surface area contributed by atoms with Crippen LogP contribution in [0.25, 0.3) is 0 Å². The molecule has 0 spiro atoms. The zero-order valence-electron chi connectivity index (χ0n) is 14.7. The van der Waals surface area contributed by atoms with Crippen molar-refractivity contribution in [2.75, 3.05) is 13.2 Å². The van der Waals surface area contributed by atoms with Crippen molar-refractivity contribution in [3.63, 3.8) is 0 Å². The van der Waals surface area contributed by atoms with Crippen molar-refractivity contribution < 1.29 is 19.1 Å². The maximum absolute atomic E-state index is 12.1. The summed E-state index contributed by atoms with van der Waals surface area (Å²) in [5, 5.41) is 0. The van der Waals surface area contributed by atoms with Crippen molar-refractivity contribution in [2.24, 2.45) is 5.92 Å². The van der Waals surface area contributed by atoms with Crippen molar-refractivity contribution in [3.8, 4) is 0 Å². The molecule has 22 heavy (non-hydrogen) atoms. The van der Waals surface area contributed by atoms with Gasteiger partial charge in [-0.2, -0.15) is 0 Å². The molecule has 0 saturated carbocycles. The van der Waals surface area contributed by atoms with Gasteiger partial charge in [0.1, 0.15) is 0 Å². The molecule has 130 valence electrons. The molecule has 0 radical (unpaired) electrons. The van der Waals surface area contributed by atoms with Crippen molar-refractivity contribution in [1.82, 2.24) is 0 Å². The van der Waals surface area contributed by atoms with Crippen LogP contribution < -0.4 is 0 Å². The van der Waals surface area contributed by atoms with Crippen LogP contribution in [0.5, 0.6) is 0 Å². The summed E-state index contributed by atoms with van der Waals surface area (Å²) in [6, 6.07) is 0. The van der Waals surface area contributed by atoms with Crippen LogP contribution in [0.2, 0.25) is 0 Å². The van der Waals surface area contributed by atoms with Crippen molar-refractivity contribution in [2.45, 2.75) is 85.0 Å². The Morgan fingerprint density at radius 2 is 1.32 bits per heavy atom. The molecule has 0 aliphatic rings. The number of unbranched alkanes of at least 4 members (excludes halogenated alkanes) is 3. The predicted octanol–water partition coefficient (Wildman–Crippen LogP) is 4.65. The summed E-state index contributed by atoms with van der Waals surface area (Å²) in [5.41, 5.74) is 0. The van der Waals surface area contributed by atoms with E-state index >= 15 is 0 Å². The van der Waals surface area contributed by atoms with Crippen LogP contribution in [0.15, 0.2) is 0 Å². The smallest absolute Gasteiger partial charge is 0.308 e. The molecule has 0 rings (SSSR count). The van der Waals surface area contributed by atoms with E-state index in [4.69, 9.17) is 9.47 Å². The summed E-state index contributed by atoms with van der Waals surface area (Å²) in [4.78, 5) is 23.6. The van der Waals surface area contributed by atoms with Crippen LogP contribution in [0, 0.1) is 5.92 Å². The summed E-state index contributed by atoms with van der Waals surface area (Å²) in [6.45, 7) is 7.28. The van der Waals surface area contributed by atoms with E-state index in [9.17, 15) is 9.59 Å². The van der Waals surface area contributed by atoms with Gasteiger partial charge in [-0.15, -0.1) is 0 Å². The maximum atomic E-state index is 12.1. The molecule has 4 heteroatoms. The number of rotatable bonds is 14. The van der Waals surface area contributed by atoms with Gasteiger partial charge in [0.05, 0.1) is 19.1 Å². The summed E-state index contributed by atoms with van der Waals surface area (Å²) in [6.07, 6.45) is 8.63. The van der Waals surface area contributed by atoms with E-state index in [0.717, 1.165) is 44.9 Å².